The lowest BCUT2D eigenvalue weighted by Gasteiger charge is -2.27. The van der Waals surface area contributed by atoms with Gasteiger partial charge < -0.3 is 9.64 Å². The van der Waals surface area contributed by atoms with Crippen molar-refractivity contribution in [3.8, 4) is 0 Å². The van der Waals surface area contributed by atoms with E-state index < -0.39 is 0 Å². The number of methoxy groups -OCH3 is 1. The van der Waals surface area contributed by atoms with Crippen LogP contribution in [0, 0.1) is 5.92 Å². The van der Waals surface area contributed by atoms with Crippen molar-refractivity contribution in [3.05, 3.63) is 0 Å². The molecule has 1 unspecified atom stereocenters. The smallest absolute Gasteiger partial charge is 0.323 e. The fourth-order valence-electron chi connectivity index (χ4n) is 2.71. The summed E-state index contributed by atoms with van der Waals surface area (Å²) >= 11 is 0. The van der Waals surface area contributed by atoms with Crippen molar-refractivity contribution in [2.75, 3.05) is 40.3 Å². The Labute approximate surface area is 104 Å². The molecule has 4 nitrogen and oxygen atoms in total. The van der Waals surface area contributed by atoms with E-state index in [0.717, 1.165) is 13.1 Å². The molecule has 1 aliphatic carbocycles. The van der Waals surface area contributed by atoms with E-state index in [-0.39, 0.29) is 12.0 Å². The second-order valence-corrected chi connectivity index (χ2v) is 5.33. The van der Waals surface area contributed by atoms with Crippen LogP contribution in [0.5, 0.6) is 0 Å². The number of hydrogen-bond donors (Lipinski definition) is 0. The molecule has 1 atom stereocenters. The van der Waals surface area contributed by atoms with Gasteiger partial charge in [-0.15, -0.1) is 0 Å². The molecular formula is C13H24N2O2. The zero-order valence-electron chi connectivity index (χ0n) is 11.0. The van der Waals surface area contributed by atoms with Crippen molar-refractivity contribution in [3.63, 3.8) is 0 Å². The second kappa shape index (κ2) is 5.83. The van der Waals surface area contributed by atoms with Crippen LogP contribution in [0.25, 0.3) is 0 Å². The lowest BCUT2D eigenvalue weighted by molar-refractivity contribution is -0.147. The summed E-state index contributed by atoms with van der Waals surface area (Å²) in [5.41, 5.74) is 0. The quantitative estimate of drug-likeness (QED) is 0.648. The second-order valence-electron chi connectivity index (χ2n) is 5.33. The number of carbonyl (C=O) groups is 1. The first kappa shape index (κ1) is 12.8. The van der Waals surface area contributed by atoms with E-state index in [2.05, 4.69) is 16.8 Å². The molecule has 0 spiro atoms. The summed E-state index contributed by atoms with van der Waals surface area (Å²) in [7, 11) is 3.54. The van der Waals surface area contributed by atoms with Crippen LogP contribution in [-0.4, -0.2) is 62.1 Å². The fourth-order valence-corrected chi connectivity index (χ4v) is 2.71. The third-order valence-corrected chi connectivity index (χ3v) is 3.95. The minimum atomic E-state index is -0.0589. The third kappa shape index (κ3) is 3.42. The average molecular weight is 240 g/mol. The van der Waals surface area contributed by atoms with Crippen LogP contribution < -0.4 is 0 Å². The van der Waals surface area contributed by atoms with Crippen LogP contribution in [-0.2, 0) is 9.53 Å². The summed E-state index contributed by atoms with van der Waals surface area (Å²) in [6.45, 7) is 4.49. The molecule has 17 heavy (non-hydrogen) atoms. The number of carbonyl (C=O) groups excluding carboxylic acids is 1. The first-order valence-corrected chi connectivity index (χ1v) is 6.73. The molecule has 0 amide bonds. The van der Waals surface area contributed by atoms with Crippen LogP contribution >= 0.6 is 0 Å². The van der Waals surface area contributed by atoms with Gasteiger partial charge in [0.15, 0.2) is 0 Å². The minimum absolute atomic E-state index is 0.0115. The number of esters is 1. The predicted octanol–water partition coefficient (Wildman–Crippen LogP) is 0.966. The van der Waals surface area contributed by atoms with E-state index in [4.69, 9.17) is 4.74 Å². The van der Waals surface area contributed by atoms with Crippen molar-refractivity contribution in [1.29, 1.82) is 0 Å². The van der Waals surface area contributed by atoms with Crippen LogP contribution in [0.1, 0.15) is 25.7 Å². The van der Waals surface area contributed by atoms with Crippen molar-refractivity contribution in [2.24, 2.45) is 5.92 Å². The van der Waals surface area contributed by atoms with Gasteiger partial charge in [-0.25, -0.2) is 0 Å². The van der Waals surface area contributed by atoms with Crippen molar-refractivity contribution in [2.45, 2.75) is 31.7 Å². The molecule has 0 N–H and O–H groups in total. The highest BCUT2D eigenvalue weighted by Gasteiger charge is 2.39. The molecule has 4 heteroatoms. The normalized spacial score (nSPS) is 23.0. The number of ether oxygens (including phenoxy) is 1. The number of rotatable bonds is 6. The van der Waals surface area contributed by atoms with E-state index in [1.54, 1.807) is 0 Å². The van der Waals surface area contributed by atoms with Gasteiger partial charge in [0.25, 0.3) is 0 Å². The molecule has 2 fully saturated rings. The summed E-state index contributed by atoms with van der Waals surface area (Å²) in [4.78, 5) is 16.4. The van der Waals surface area contributed by atoms with Gasteiger partial charge in [0.1, 0.15) is 6.04 Å². The first-order valence-electron chi connectivity index (χ1n) is 6.73. The first-order chi connectivity index (χ1) is 8.22. The number of likely N-dealkylation sites (tertiary alicyclic amines) is 1. The largest absolute Gasteiger partial charge is 0.468 e. The lowest BCUT2D eigenvalue weighted by Crippen LogP contribution is -2.44. The maximum absolute atomic E-state index is 11.8. The number of likely N-dealkylation sites (N-methyl/N-ethyl adjacent to an activating group) is 1. The Morgan fingerprint density at radius 1 is 1.41 bits per heavy atom. The molecule has 2 rings (SSSR count). The maximum Gasteiger partial charge on any atom is 0.323 e. The molecule has 1 saturated heterocycles. The molecular weight excluding hydrogens is 216 g/mol. The van der Waals surface area contributed by atoms with Crippen LogP contribution in [0.4, 0.5) is 0 Å². The summed E-state index contributed by atoms with van der Waals surface area (Å²) in [6.07, 6.45) is 5.00. The topological polar surface area (TPSA) is 32.8 Å². The molecule has 0 radical (unpaired) electrons. The molecule has 98 valence electrons. The van der Waals surface area contributed by atoms with Gasteiger partial charge in [0, 0.05) is 13.1 Å². The van der Waals surface area contributed by atoms with Gasteiger partial charge in [-0.1, -0.05) is 0 Å². The standard InChI is InChI=1S/C13H24N2O2/c1-14(9-10-15-7-3-4-8-15)12(11-5-6-11)13(16)17-2/h11-12H,3-10H2,1-2H3. The highest BCUT2D eigenvalue weighted by Crippen LogP contribution is 2.35. The summed E-state index contributed by atoms with van der Waals surface area (Å²) in [5, 5.41) is 0. The predicted molar refractivity (Wildman–Crippen MR) is 66.8 cm³/mol. The van der Waals surface area contributed by atoms with E-state index >= 15 is 0 Å². The molecule has 1 saturated carbocycles. The maximum atomic E-state index is 11.8. The van der Waals surface area contributed by atoms with E-state index in [1.807, 2.05) is 0 Å². The molecule has 0 bridgehead atoms. The van der Waals surface area contributed by atoms with Crippen molar-refractivity contribution in [1.82, 2.24) is 9.80 Å². The Kier molecular flexibility index (Phi) is 4.40. The Balaban J connectivity index is 1.78. The Morgan fingerprint density at radius 2 is 2.06 bits per heavy atom. The van der Waals surface area contributed by atoms with Gasteiger partial charge in [-0.3, -0.25) is 9.69 Å². The summed E-state index contributed by atoms with van der Waals surface area (Å²) in [6, 6.07) is -0.0115. The molecule has 1 aliphatic heterocycles. The summed E-state index contributed by atoms with van der Waals surface area (Å²) in [5.74, 6) is 0.474. The molecule has 2 aliphatic rings. The summed E-state index contributed by atoms with van der Waals surface area (Å²) < 4.78 is 4.91. The van der Waals surface area contributed by atoms with Crippen molar-refractivity contribution >= 4 is 5.97 Å². The SMILES string of the molecule is COC(=O)C(C1CC1)N(C)CCN1CCCC1. The number of hydrogen-bond acceptors (Lipinski definition) is 4. The van der Waals surface area contributed by atoms with E-state index in [1.165, 1.54) is 45.9 Å². The van der Waals surface area contributed by atoms with Crippen LogP contribution in [0.15, 0.2) is 0 Å². The van der Waals surface area contributed by atoms with Gasteiger partial charge in [0.05, 0.1) is 7.11 Å². The lowest BCUT2D eigenvalue weighted by atomic mass is 10.1. The van der Waals surface area contributed by atoms with Crippen LogP contribution in [0.3, 0.4) is 0 Å². The average Bonchev–Trinajstić information content (AvgIpc) is 3.02. The van der Waals surface area contributed by atoms with Crippen molar-refractivity contribution < 1.29 is 9.53 Å². The zero-order chi connectivity index (χ0) is 12.3. The van der Waals surface area contributed by atoms with Gasteiger partial charge in [0.2, 0.25) is 0 Å². The molecule has 0 aromatic carbocycles. The van der Waals surface area contributed by atoms with Gasteiger partial charge in [-0.2, -0.15) is 0 Å². The Hall–Kier alpha value is -0.610. The van der Waals surface area contributed by atoms with E-state index in [9.17, 15) is 4.79 Å². The molecule has 1 heterocycles. The van der Waals surface area contributed by atoms with Crippen LogP contribution in [0.2, 0.25) is 0 Å². The highest BCUT2D eigenvalue weighted by atomic mass is 16.5. The highest BCUT2D eigenvalue weighted by molar-refractivity contribution is 5.76. The monoisotopic (exact) mass is 240 g/mol. The Bertz CT molecular complexity index is 260. The zero-order valence-corrected chi connectivity index (χ0v) is 11.0. The van der Waals surface area contributed by atoms with Gasteiger partial charge >= 0.3 is 5.97 Å². The van der Waals surface area contributed by atoms with Gasteiger partial charge in [-0.05, 0) is 51.7 Å². The third-order valence-electron chi connectivity index (χ3n) is 3.95. The Morgan fingerprint density at radius 3 is 2.59 bits per heavy atom. The van der Waals surface area contributed by atoms with E-state index in [0.29, 0.717) is 5.92 Å². The number of nitrogens with zero attached hydrogens (tertiary/aromatic N) is 2. The minimum Gasteiger partial charge on any atom is -0.468 e. The molecule has 0 aromatic rings. The molecule has 0 aromatic heterocycles. The fraction of sp³-hybridized carbons (Fsp3) is 0.923.